The van der Waals surface area contributed by atoms with Gasteiger partial charge in [-0.2, -0.15) is 0 Å². The van der Waals surface area contributed by atoms with Crippen LogP contribution in [0.3, 0.4) is 0 Å². The zero-order valence-electron chi connectivity index (χ0n) is 8.06. The van der Waals surface area contributed by atoms with E-state index in [1.165, 1.54) is 0 Å². The van der Waals surface area contributed by atoms with Crippen molar-refractivity contribution in [1.82, 2.24) is 0 Å². The van der Waals surface area contributed by atoms with Crippen molar-refractivity contribution < 1.29 is 9.53 Å². The van der Waals surface area contributed by atoms with Gasteiger partial charge in [0.25, 0.3) is 5.02 Å². The molecule has 2 nitrogen and oxygen atoms in total. The van der Waals surface area contributed by atoms with E-state index in [-0.39, 0.29) is 11.9 Å². The number of carbonyl (C=O) groups is 1. The van der Waals surface area contributed by atoms with Gasteiger partial charge in [-0.25, -0.2) is 0 Å². The summed E-state index contributed by atoms with van der Waals surface area (Å²) in [4.78, 5) is 11.2. The predicted octanol–water partition coefficient (Wildman–Crippen LogP) is 3.51. The van der Waals surface area contributed by atoms with Crippen molar-refractivity contribution in [3.05, 3.63) is 0 Å². The van der Waals surface area contributed by atoms with Crippen LogP contribution in [0.4, 0.5) is 0 Å². The number of unbranched alkanes of at least 4 members (excludes halogenated alkanes) is 2. The third-order valence-corrected chi connectivity index (χ3v) is 2.03. The summed E-state index contributed by atoms with van der Waals surface area (Å²) >= 11 is 10.6. The molecule has 0 saturated carbocycles. The smallest absolute Gasteiger partial charge is 0.311 e. The zero-order valence-corrected chi connectivity index (χ0v) is 9.57. The third kappa shape index (κ3) is 7.15. The molecule has 78 valence electrons. The topological polar surface area (TPSA) is 26.3 Å². The molecule has 1 atom stereocenters. The molecule has 0 bridgehead atoms. The Morgan fingerprint density at radius 1 is 1.38 bits per heavy atom. The van der Waals surface area contributed by atoms with Crippen LogP contribution in [0.2, 0.25) is 0 Å². The molecule has 0 rings (SSSR count). The Kier molecular flexibility index (Phi) is 7.48. The molecule has 0 aromatic carbocycles. The average molecular weight is 227 g/mol. The number of ether oxygens (including phenoxy) is 1. The number of halogens is 2. The molecule has 0 fully saturated rings. The fourth-order valence-electron chi connectivity index (χ4n) is 1.02. The molecule has 0 aromatic heterocycles. The van der Waals surface area contributed by atoms with E-state index in [4.69, 9.17) is 23.2 Å². The van der Waals surface area contributed by atoms with E-state index in [0.29, 0.717) is 0 Å². The van der Waals surface area contributed by atoms with Crippen molar-refractivity contribution in [2.75, 3.05) is 0 Å². The normalized spacial score (nSPS) is 13.0. The lowest BCUT2D eigenvalue weighted by molar-refractivity contribution is -0.147. The van der Waals surface area contributed by atoms with Crippen LogP contribution in [-0.2, 0) is 9.53 Å². The van der Waals surface area contributed by atoms with Gasteiger partial charge < -0.3 is 4.74 Å². The summed E-state index contributed by atoms with van der Waals surface area (Å²) in [5, 5.41) is -1.04. The molecule has 1 unspecified atom stereocenters. The lowest BCUT2D eigenvalue weighted by Crippen LogP contribution is -2.16. The zero-order chi connectivity index (χ0) is 10.3. The van der Waals surface area contributed by atoms with Crippen LogP contribution in [0, 0.1) is 5.92 Å². The van der Waals surface area contributed by atoms with Crippen molar-refractivity contribution in [2.24, 2.45) is 5.92 Å². The summed E-state index contributed by atoms with van der Waals surface area (Å²) in [6.07, 6.45) is 4.17. The molecule has 0 saturated heterocycles. The van der Waals surface area contributed by atoms with E-state index in [1.807, 2.05) is 6.92 Å². The third-order valence-electron chi connectivity index (χ3n) is 1.85. The van der Waals surface area contributed by atoms with E-state index in [0.717, 1.165) is 25.7 Å². The van der Waals surface area contributed by atoms with Crippen LogP contribution in [0.15, 0.2) is 0 Å². The van der Waals surface area contributed by atoms with Gasteiger partial charge in [-0.05, 0) is 6.42 Å². The first-order chi connectivity index (χ1) is 6.07. The minimum absolute atomic E-state index is 0.105. The fourth-order valence-corrected chi connectivity index (χ4v) is 1.20. The molecular weight excluding hydrogens is 211 g/mol. The van der Waals surface area contributed by atoms with Crippen LogP contribution < -0.4 is 0 Å². The average Bonchev–Trinajstić information content (AvgIpc) is 2.03. The van der Waals surface area contributed by atoms with E-state index in [9.17, 15) is 4.79 Å². The molecule has 13 heavy (non-hydrogen) atoms. The number of hydrogen-bond donors (Lipinski definition) is 0. The van der Waals surface area contributed by atoms with Gasteiger partial charge in [-0.1, -0.05) is 56.3 Å². The van der Waals surface area contributed by atoms with Gasteiger partial charge in [0, 0.05) is 0 Å². The molecule has 0 radical (unpaired) electrons. The number of hydrogen-bond acceptors (Lipinski definition) is 2. The van der Waals surface area contributed by atoms with Crippen LogP contribution in [-0.4, -0.2) is 11.0 Å². The SMILES string of the molecule is CCCCCC(C)C(=O)OC(Cl)Cl. The Balaban J connectivity index is 3.57. The predicted molar refractivity (Wildman–Crippen MR) is 54.9 cm³/mol. The maximum atomic E-state index is 11.2. The second kappa shape index (κ2) is 7.45. The maximum Gasteiger partial charge on any atom is 0.311 e. The number of alkyl halides is 2. The first-order valence-electron chi connectivity index (χ1n) is 4.56. The Labute approximate surface area is 89.5 Å². The van der Waals surface area contributed by atoms with Gasteiger partial charge in [0.15, 0.2) is 0 Å². The van der Waals surface area contributed by atoms with Crippen molar-refractivity contribution in [2.45, 2.75) is 44.6 Å². The molecule has 0 aliphatic heterocycles. The lowest BCUT2D eigenvalue weighted by Gasteiger charge is -2.10. The summed E-state index contributed by atoms with van der Waals surface area (Å²) < 4.78 is 4.63. The quantitative estimate of drug-likeness (QED) is 0.394. The summed E-state index contributed by atoms with van der Waals surface area (Å²) in [5.74, 6) is -0.419. The first kappa shape index (κ1) is 13.1. The Hall–Kier alpha value is 0.0500. The minimum atomic E-state index is -1.04. The highest BCUT2D eigenvalue weighted by atomic mass is 35.5. The lowest BCUT2D eigenvalue weighted by atomic mass is 10.0. The largest absolute Gasteiger partial charge is 0.431 e. The van der Waals surface area contributed by atoms with Crippen molar-refractivity contribution in [3.63, 3.8) is 0 Å². The second-order valence-electron chi connectivity index (χ2n) is 3.09. The van der Waals surface area contributed by atoms with Gasteiger partial charge in [-0.15, -0.1) is 0 Å². The standard InChI is InChI=1S/C9H16Cl2O2/c1-3-4-5-6-7(2)8(12)13-9(10)11/h7,9H,3-6H2,1-2H3. The number of rotatable bonds is 6. The molecule has 0 N–H and O–H groups in total. The Bertz CT molecular complexity index is 149. The van der Waals surface area contributed by atoms with Crippen LogP contribution in [0.1, 0.15) is 39.5 Å². The van der Waals surface area contributed by atoms with Gasteiger partial charge >= 0.3 is 5.97 Å². The number of esters is 1. The van der Waals surface area contributed by atoms with E-state index in [1.54, 1.807) is 0 Å². The van der Waals surface area contributed by atoms with E-state index in [2.05, 4.69) is 11.7 Å². The molecule has 0 aromatic rings. The monoisotopic (exact) mass is 226 g/mol. The van der Waals surface area contributed by atoms with Gasteiger partial charge in [0.2, 0.25) is 0 Å². The summed E-state index contributed by atoms with van der Waals surface area (Å²) in [6.45, 7) is 3.95. The fraction of sp³-hybridized carbons (Fsp3) is 0.889. The highest BCUT2D eigenvalue weighted by Crippen LogP contribution is 2.14. The van der Waals surface area contributed by atoms with Crippen LogP contribution in [0.5, 0.6) is 0 Å². The molecule has 4 heteroatoms. The van der Waals surface area contributed by atoms with Crippen molar-refractivity contribution in [1.29, 1.82) is 0 Å². The van der Waals surface area contributed by atoms with Crippen LogP contribution >= 0.6 is 23.2 Å². The molecule has 0 aliphatic rings. The summed E-state index contributed by atoms with van der Waals surface area (Å²) in [6, 6.07) is 0. The van der Waals surface area contributed by atoms with E-state index < -0.39 is 5.02 Å². The summed E-state index contributed by atoms with van der Waals surface area (Å²) in [5.41, 5.74) is 0. The highest BCUT2D eigenvalue weighted by Gasteiger charge is 2.16. The summed E-state index contributed by atoms with van der Waals surface area (Å²) in [7, 11) is 0. The van der Waals surface area contributed by atoms with Gasteiger partial charge in [-0.3, -0.25) is 4.79 Å². The molecule has 0 spiro atoms. The highest BCUT2D eigenvalue weighted by molar-refractivity contribution is 6.43. The second-order valence-corrected chi connectivity index (χ2v) is 4.11. The van der Waals surface area contributed by atoms with Gasteiger partial charge in [0.05, 0.1) is 5.92 Å². The molecule has 0 heterocycles. The van der Waals surface area contributed by atoms with Crippen LogP contribution in [0.25, 0.3) is 0 Å². The molecule has 0 amide bonds. The minimum Gasteiger partial charge on any atom is -0.431 e. The maximum absolute atomic E-state index is 11.2. The van der Waals surface area contributed by atoms with Crippen molar-refractivity contribution in [3.8, 4) is 0 Å². The van der Waals surface area contributed by atoms with E-state index >= 15 is 0 Å². The van der Waals surface area contributed by atoms with Gasteiger partial charge in [0.1, 0.15) is 0 Å². The number of carbonyl (C=O) groups excluding carboxylic acids is 1. The first-order valence-corrected chi connectivity index (χ1v) is 5.43. The molecule has 0 aliphatic carbocycles. The van der Waals surface area contributed by atoms with Crippen molar-refractivity contribution >= 4 is 29.2 Å². The Morgan fingerprint density at radius 2 is 2.00 bits per heavy atom. The Morgan fingerprint density at radius 3 is 2.46 bits per heavy atom. The molecular formula is C9H16Cl2O2.